The Morgan fingerprint density at radius 1 is 1.39 bits per heavy atom. The number of hydrogen-bond donors (Lipinski definition) is 1. The van der Waals surface area contributed by atoms with E-state index in [0.717, 1.165) is 48.6 Å². The fourth-order valence-corrected chi connectivity index (χ4v) is 3.59. The summed E-state index contributed by atoms with van der Waals surface area (Å²) in [5.41, 5.74) is 3.26. The molecule has 2 aromatic rings. The molecule has 3 heterocycles. The van der Waals surface area contributed by atoms with Crippen molar-refractivity contribution in [2.45, 2.75) is 38.2 Å². The van der Waals surface area contributed by atoms with Gasteiger partial charge in [0.2, 0.25) is 0 Å². The van der Waals surface area contributed by atoms with Gasteiger partial charge in [-0.05, 0) is 37.5 Å². The van der Waals surface area contributed by atoms with Gasteiger partial charge in [-0.2, -0.15) is 5.10 Å². The summed E-state index contributed by atoms with van der Waals surface area (Å²) in [7, 11) is 0. The van der Waals surface area contributed by atoms with Crippen LogP contribution in [0.2, 0.25) is 0 Å². The monoisotopic (exact) mass is 311 g/mol. The number of aromatic nitrogens is 2. The minimum atomic E-state index is -0.368. The van der Waals surface area contributed by atoms with Crippen LogP contribution < -0.4 is 4.74 Å². The normalized spacial score (nSPS) is 23.4. The standard InChI is InChI=1S/C18H21N3O2/c1-12-9-15(20-19-12)14-6-4-8-21(11-14)18(22)17-10-13-5-2-3-7-16(13)23-17/h2-3,5,7,9,14,17H,4,6,8,10-11H2,1H3,(H,19,20)/t14-,17-/m0/s1. The second-order valence-corrected chi connectivity index (χ2v) is 6.52. The van der Waals surface area contributed by atoms with Gasteiger partial charge in [0.25, 0.3) is 5.91 Å². The molecule has 1 fully saturated rings. The number of piperidine rings is 1. The zero-order chi connectivity index (χ0) is 15.8. The number of benzene rings is 1. The highest BCUT2D eigenvalue weighted by Crippen LogP contribution is 2.31. The van der Waals surface area contributed by atoms with Crippen molar-refractivity contribution in [3.63, 3.8) is 0 Å². The Bertz CT molecular complexity index is 700. The first-order valence-electron chi connectivity index (χ1n) is 8.26. The van der Waals surface area contributed by atoms with Crippen LogP contribution in [0.5, 0.6) is 5.75 Å². The molecule has 120 valence electrons. The quantitative estimate of drug-likeness (QED) is 0.926. The van der Waals surface area contributed by atoms with Crippen molar-refractivity contribution in [1.82, 2.24) is 15.1 Å². The lowest BCUT2D eigenvalue weighted by Crippen LogP contribution is -2.46. The summed E-state index contributed by atoms with van der Waals surface area (Å²) in [4.78, 5) is 14.8. The van der Waals surface area contributed by atoms with Gasteiger partial charge in [-0.25, -0.2) is 0 Å². The SMILES string of the molecule is Cc1cc([C@H]2CCCN(C(=O)[C@@H]3Cc4ccccc4O3)C2)n[nH]1. The molecule has 1 aromatic carbocycles. The van der Waals surface area contributed by atoms with Crippen molar-refractivity contribution < 1.29 is 9.53 Å². The summed E-state index contributed by atoms with van der Waals surface area (Å²) < 4.78 is 5.85. The molecule has 1 saturated heterocycles. The van der Waals surface area contributed by atoms with E-state index in [1.165, 1.54) is 0 Å². The van der Waals surface area contributed by atoms with Gasteiger partial charge in [0.1, 0.15) is 5.75 Å². The van der Waals surface area contributed by atoms with E-state index >= 15 is 0 Å². The molecule has 0 unspecified atom stereocenters. The van der Waals surface area contributed by atoms with Gasteiger partial charge in [0.05, 0.1) is 5.69 Å². The van der Waals surface area contributed by atoms with E-state index < -0.39 is 0 Å². The first-order chi connectivity index (χ1) is 11.2. The van der Waals surface area contributed by atoms with E-state index in [-0.39, 0.29) is 12.0 Å². The zero-order valence-electron chi connectivity index (χ0n) is 13.3. The van der Waals surface area contributed by atoms with Gasteiger partial charge in [0.15, 0.2) is 6.10 Å². The predicted octanol–water partition coefficient (Wildman–Crippen LogP) is 2.43. The van der Waals surface area contributed by atoms with Crippen LogP contribution in [0.3, 0.4) is 0 Å². The number of nitrogens with zero attached hydrogens (tertiary/aromatic N) is 2. The van der Waals surface area contributed by atoms with E-state index in [4.69, 9.17) is 4.74 Å². The van der Waals surface area contributed by atoms with Crippen molar-refractivity contribution >= 4 is 5.91 Å². The van der Waals surface area contributed by atoms with Crippen molar-refractivity contribution in [3.05, 3.63) is 47.3 Å². The number of amides is 1. The summed E-state index contributed by atoms with van der Waals surface area (Å²) in [5.74, 6) is 1.28. The molecule has 2 aliphatic heterocycles. The third kappa shape index (κ3) is 2.71. The maximum Gasteiger partial charge on any atom is 0.264 e. The van der Waals surface area contributed by atoms with E-state index in [9.17, 15) is 4.79 Å². The molecule has 1 aromatic heterocycles. The van der Waals surface area contributed by atoms with Crippen LogP contribution in [0.4, 0.5) is 0 Å². The molecule has 5 heteroatoms. The number of likely N-dealkylation sites (tertiary alicyclic amines) is 1. The van der Waals surface area contributed by atoms with Crippen molar-refractivity contribution in [1.29, 1.82) is 0 Å². The number of H-pyrrole nitrogens is 1. The van der Waals surface area contributed by atoms with Crippen molar-refractivity contribution in [2.75, 3.05) is 13.1 Å². The lowest BCUT2D eigenvalue weighted by molar-refractivity contribution is -0.139. The van der Waals surface area contributed by atoms with E-state index in [0.29, 0.717) is 12.3 Å². The number of rotatable bonds is 2. The van der Waals surface area contributed by atoms with Crippen LogP contribution in [0.1, 0.15) is 35.7 Å². The van der Waals surface area contributed by atoms with Gasteiger partial charge in [-0.1, -0.05) is 18.2 Å². The van der Waals surface area contributed by atoms with Crippen LogP contribution in [0, 0.1) is 6.92 Å². The average Bonchev–Trinajstić information content (AvgIpc) is 3.20. The van der Waals surface area contributed by atoms with Crippen LogP contribution in [0.25, 0.3) is 0 Å². The molecule has 1 amide bonds. The second-order valence-electron chi connectivity index (χ2n) is 6.52. The molecular formula is C18H21N3O2. The number of nitrogens with one attached hydrogen (secondary N) is 1. The second kappa shape index (κ2) is 5.72. The Morgan fingerprint density at radius 3 is 3.04 bits per heavy atom. The fraction of sp³-hybridized carbons (Fsp3) is 0.444. The predicted molar refractivity (Wildman–Crippen MR) is 86.4 cm³/mol. The molecule has 2 aliphatic rings. The van der Waals surface area contributed by atoms with Gasteiger partial charge in [-0.15, -0.1) is 0 Å². The fourth-order valence-electron chi connectivity index (χ4n) is 3.59. The van der Waals surface area contributed by atoms with E-state index in [1.54, 1.807) is 0 Å². The summed E-state index contributed by atoms with van der Waals surface area (Å²) in [5, 5.41) is 7.37. The number of carbonyl (C=O) groups is 1. The molecule has 23 heavy (non-hydrogen) atoms. The summed E-state index contributed by atoms with van der Waals surface area (Å²) in [6, 6.07) is 10.00. The maximum atomic E-state index is 12.8. The van der Waals surface area contributed by atoms with Gasteiger partial charge >= 0.3 is 0 Å². The van der Waals surface area contributed by atoms with Crippen molar-refractivity contribution in [2.24, 2.45) is 0 Å². The molecule has 0 bridgehead atoms. The summed E-state index contributed by atoms with van der Waals surface area (Å²) >= 11 is 0. The van der Waals surface area contributed by atoms with Gasteiger partial charge in [-0.3, -0.25) is 9.89 Å². The van der Waals surface area contributed by atoms with Gasteiger partial charge in [0, 0.05) is 31.1 Å². The first kappa shape index (κ1) is 14.3. The number of para-hydroxylation sites is 1. The topological polar surface area (TPSA) is 58.2 Å². The Balaban J connectivity index is 1.45. The zero-order valence-corrected chi connectivity index (χ0v) is 13.3. The number of aryl methyl sites for hydroxylation is 1. The highest BCUT2D eigenvalue weighted by atomic mass is 16.5. The number of aromatic amines is 1. The number of hydrogen-bond acceptors (Lipinski definition) is 3. The number of fused-ring (bicyclic) bond motifs is 1. The van der Waals surface area contributed by atoms with Crippen LogP contribution in [-0.2, 0) is 11.2 Å². The highest BCUT2D eigenvalue weighted by molar-refractivity contribution is 5.82. The minimum Gasteiger partial charge on any atom is -0.480 e. The largest absolute Gasteiger partial charge is 0.480 e. The van der Waals surface area contributed by atoms with Gasteiger partial charge < -0.3 is 9.64 Å². The number of ether oxygens (including phenoxy) is 1. The lowest BCUT2D eigenvalue weighted by Gasteiger charge is -2.33. The smallest absolute Gasteiger partial charge is 0.264 e. The molecule has 0 saturated carbocycles. The molecule has 1 N–H and O–H groups in total. The Hall–Kier alpha value is -2.30. The van der Waals surface area contributed by atoms with Crippen LogP contribution in [0.15, 0.2) is 30.3 Å². The molecule has 0 radical (unpaired) electrons. The maximum absolute atomic E-state index is 12.8. The molecule has 5 nitrogen and oxygen atoms in total. The first-order valence-corrected chi connectivity index (χ1v) is 8.26. The average molecular weight is 311 g/mol. The van der Waals surface area contributed by atoms with Crippen molar-refractivity contribution in [3.8, 4) is 5.75 Å². The summed E-state index contributed by atoms with van der Waals surface area (Å²) in [6.45, 7) is 3.56. The molecule has 0 spiro atoms. The van der Waals surface area contributed by atoms with Crippen LogP contribution in [-0.4, -0.2) is 40.2 Å². The molecule has 2 atom stereocenters. The Morgan fingerprint density at radius 2 is 2.26 bits per heavy atom. The Labute approximate surface area is 135 Å². The summed E-state index contributed by atoms with van der Waals surface area (Å²) in [6.07, 6.45) is 2.41. The third-order valence-corrected chi connectivity index (χ3v) is 4.80. The van der Waals surface area contributed by atoms with E-state index in [2.05, 4.69) is 16.3 Å². The minimum absolute atomic E-state index is 0.109. The number of carbonyl (C=O) groups excluding carboxylic acids is 1. The molecule has 0 aliphatic carbocycles. The molecule has 4 rings (SSSR count). The third-order valence-electron chi connectivity index (χ3n) is 4.80. The molecular weight excluding hydrogens is 290 g/mol. The highest BCUT2D eigenvalue weighted by Gasteiger charge is 2.35. The van der Waals surface area contributed by atoms with E-state index in [1.807, 2.05) is 36.1 Å². The lowest BCUT2D eigenvalue weighted by atomic mass is 9.94. The van der Waals surface area contributed by atoms with Crippen LogP contribution >= 0.6 is 0 Å². The Kier molecular flexibility index (Phi) is 3.56.